The van der Waals surface area contributed by atoms with E-state index < -0.39 is 0 Å². The average molecular weight is 377 g/mol. The Kier molecular flexibility index (Phi) is 3.59. The predicted molar refractivity (Wildman–Crippen MR) is 103 cm³/mol. The van der Waals surface area contributed by atoms with Gasteiger partial charge < -0.3 is 14.2 Å². The topological polar surface area (TPSA) is 51.3 Å². The molecule has 3 aliphatic heterocycles. The van der Waals surface area contributed by atoms with Crippen molar-refractivity contribution in [3.05, 3.63) is 59.7 Å². The number of epoxide rings is 1. The number of carbonyl (C=O) groups is 1. The Morgan fingerprint density at radius 1 is 1.00 bits per heavy atom. The number of piperidine rings is 1. The fraction of sp³-hybridized carbons (Fsp3) is 0.435. The van der Waals surface area contributed by atoms with Crippen LogP contribution in [0, 0.1) is 0 Å². The van der Waals surface area contributed by atoms with Crippen LogP contribution in [0.5, 0.6) is 0 Å². The van der Waals surface area contributed by atoms with E-state index in [1.54, 1.807) is 0 Å². The van der Waals surface area contributed by atoms with E-state index in [1.165, 1.54) is 22.3 Å². The van der Waals surface area contributed by atoms with Crippen molar-refractivity contribution in [3.63, 3.8) is 0 Å². The van der Waals surface area contributed by atoms with Gasteiger partial charge in [-0.3, -0.25) is 4.90 Å². The van der Waals surface area contributed by atoms with E-state index in [-0.39, 0.29) is 29.7 Å². The maximum absolute atomic E-state index is 13.0. The van der Waals surface area contributed by atoms with Gasteiger partial charge in [-0.05, 0) is 22.3 Å². The number of rotatable bonds is 2. The van der Waals surface area contributed by atoms with Gasteiger partial charge in [0.2, 0.25) is 0 Å². The summed E-state index contributed by atoms with van der Waals surface area (Å²) in [6.07, 6.45) is 1.50. The van der Waals surface area contributed by atoms with Gasteiger partial charge in [-0.15, -0.1) is 0 Å². The molecule has 2 aromatic carbocycles. The van der Waals surface area contributed by atoms with Gasteiger partial charge in [0.25, 0.3) is 0 Å². The monoisotopic (exact) mass is 377 g/mol. The molecule has 5 heteroatoms. The minimum absolute atomic E-state index is 0.000768. The minimum Gasteiger partial charge on any atom is -0.448 e. The molecule has 0 aromatic heterocycles. The van der Waals surface area contributed by atoms with E-state index in [0.717, 1.165) is 19.4 Å². The van der Waals surface area contributed by atoms with Crippen LogP contribution in [-0.2, 0) is 14.2 Å². The van der Waals surface area contributed by atoms with E-state index in [4.69, 9.17) is 14.2 Å². The van der Waals surface area contributed by atoms with Gasteiger partial charge in [0, 0.05) is 18.8 Å². The fourth-order valence-corrected chi connectivity index (χ4v) is 5.36. The number of morpholine rings is 1. The third-order valence-electron chi connectivity index (χ3n) is 6.72. The lowest BCUT2D eigenvalue weighted by atomic mass is 9.85. The zero-order valence-electron chi connectivity index (χ0n) is 15.7. The molecule has 1 amide bonds. The Hall–Kier alpha value is -2.37. The number of fused-ring (bicyclic) bond motifs is 5. The fourth-order valence-electron chi connectivity index (χ4n) is 5.36. The Bertz CT molecular complexity index is 876. The van der Waals surface area contributed by atoms with Crippen molar-refractivity contribution in [1.82, 2.24) is 4.90 Å². The smallest absolute Gasteiger partial charge is 0.410 e. The van der Waals surface area contributed by atoms with Crippen LogP contribution in [0.3, 0.4) is 0 Å². The molecule has 4 aliphatic rings. The lowest BCUT2D eigenvalue weighted by Crippen LogP contribution is -2.61. The van der Waals surface area contributed by atoms with E-state index in [1.807, 2.05) is 4.90 Å². The molecule has 28 heavy (non-hydrogen) atoms. The van der Waals surface area contributed by atoms with Gasteiger partial charge in [0.1, 0.15) is 6.61 Å². The van der Waals surface area contributed by atoms with Crippen molar-refractivity contribution in [1.29, 1.82) is 0 Å². The number of amides is 1. The van der Waals surface area contributed by atoms with Crippen LogP contribution in [0.2, 0.25) is 0 Å². The molecule has 3 saturated heterocycles. The van der Waals surface area contributed by atoms with E-state index in [9.17, 15) is 4.79 Å². The molecular formula is C23H23NO4. The molecule has 1 aliphatic carbocycles. The number of carbonyl (C=O) groups excluding carboxylic acids is 1. The van der Waals surface area contributed by atoms with Gasteiger partial charge >= 0.3 is 6.09 Å². The van der Waals surface area contributed by atoms with Crippen molar-refractivity contribution in [2.24, 2.45) is 0 Å². The summed E-state index contributed by atoms with van der Waals surface area (Å²) in [6, 6.07) is 17.0. The summed E-state index contributed by atoms with van der Waals surface area (Å²) in [5.74, 6) is 0.0929. The maximum Gasteiger partial charge on any atom is 0.410 e. The molecule has 2 unspecified atom stereocenters. The van der Waals surface area contributed by atoms with Gasteiger partial charge in [-0.1, -0.05) is 48.5 Å². The van der Waals surface area contributed by atoms with Gasteiger partial charge in [0.05, 0.1) is 37.5 Å². The van der Waals surface area contributed by atoms with Crippen LogP contribution in [0.25, 0.3) is 11.1 Å². The van der Waals surface area contributed by atoms with Gasteiger partial charge in [-0.25, -0.2) is 4.79 Å². The van der Waals surface area contributed by atoms with Crippen LogP contribution in [0.1, 0.15) is 29.9 Å². The molecule has 3 heterocycles. The zero-order valence-corrected chi connectivity index (χ0v) is 15.7. The van der Waals surface area contributed by atoms with Crippen LogP contribution >= 0.6 is 0 Å². The highest BCUT2D eigenvalue weighted by molar-refractivity contribution is 5.79. The summed E-state index contributed by atoms with van der Waals surface area (Å²) in [6.45, 7) is 2.33. The summed E-state index contributed by atoms with van der Waals surface area (Å²) < 4.78 is 17.3. The van der Waals surface area contributed by atoms with Crippen LogP contribution in [0.4, 0.5) is 4.79 Å². The van der Waals surface area contributed by atoms with Crippen molar-refractivity contribution >= 4 is 6.09 Å². The third-order valence-corrected chi connectivity index (χ3v) is 6.72. The van der Waals surface area contributed by atoms with Crippen LogP contribution < -0.4 is 0 Å². The summed E-state index contributed by atoms with van der Waals surface area (Å²) in [4.78, 5) is 15.0. The van der Waals surface area contributed by atoms with Crippen molar-refractivity contribution in [2.45, 2.75) is 36.4 Å². The molecule has 0 N–H and O–H groups in total. The van der Waals surface area contributed by atoms with E-state index in [0.29, 0.717) is 19.8 Å². The Morgan fingerprint density at radius 2 is 1.57 bits per heavy atom. The molecule has 2 atom stereocenters. The number of nitrogens with zero attached hydrogens (tertiary/aromatic N) is 1. The average Bonchev–Trinajstić information content (AvgIpc) is 3.38. The molecule has 2 aromatic rings. The van der Waals surface area contributed by atoms with E-state index >= 15 is 0 Å². The molecular weight excluding hydrogens is 354 g/mol. The molecule has 5 nitrogen and oxygen atoms in total. The van der Waals surface area contributed by atoms with Crippen molar-refractivity contribution in [2.75, 3.05) is 26.4 Å². The summed E-state index contributed by atoms with van der Waals surface area (Å²) in [5.41, 5.74) is 4.97. The highest BCUT2D eigenvalue weighted by Crippen LogP contribution is 2.46. The number of benzene rings is 2. The van der Waals surface area contributed by atoms with Crippen molar-refractivity contribution < 1.29 is 19.0 Å². The lowest BCUT2D eigenvalue weighted by molar-refractivity contribution is -0.0833. The van der Waals surface area contributed by atoms with Crippen LogP contribution in [-0.4, -0.2) is 55.1 Å². The first-order chi connectivity index (χ1) is 13.7. The third kappa shape index (κ3) is 2.50. The van der Waals surface area contributed by atoms with E-state index in [2.05, 4.69) is 48.5 Å². The summed E-state index contributed by atoms with van der Waals surface area (Å²) in [5, 5.41) is 0. The molecule has 0 radical (unpaired) electrons. The summed E-state index contributed by atoms with van der Waals surface area (Å²) in [7, 11) is 0. The first-order valence-electron chi connectivity index (χ1n) is 10.1. The van der Waals surface area contributed by atoms with Crippen LogP contribution in [0.15, 0.2) is 48.5 Å². The first-order valence-corrected chi connectivity index (χ1v) is 10.1. The second-order valence-electron chi connectivity index (χ2n) is 8.44. The molecule has 6 rings (SSSR count). The standard InChI is InChI=1S/C23H23NO4/c25-22(24-15-9-23(14-28-23)10-16(24)12-26-11-15)27-13-21-19-7-3-1-5-17(19)18-6-2-4-8-20(18)21/h1-8,15-16,21H,9-14H2. The van der Waals surface area contributed by atoms with Crippen molar-refractivity contribution in [3.8, 4) is 11.1 Å². The number of hydrogen-bond donors (Lipinski definition) is 0. The van der Waals surface area contributed by atoms with Gasteiger partial charge in [-0.2, -0.15) is 0 Å². The molecule has 0 saturated carbocycles. The second-order valence-corrected chi connectivity index (χ2v) is 8.44. The Labute approximate surface area is 164 Å². The second kappa shape index (κ2) is 6.06. The quantitative estimate of drug-likeness (QED) is 0.751. The molecule has 144 valence electrons. The maximum atomic E-state index is 13.0. The van der Waals surface area contributed by atoms with Gasteiger partial charge in [0.15, 0.2) is 0 Å². The summed E-state index contributed by atoms with van der Waals surface area (Å²) >= 11 is 0. The zero-order chi connectivity index (χ0) is 18.7. The minimum atomic E-state index is -0.212. The highest BCUT2D eigenvalue weighted by Gasteiger charge is 2.56. The predicted octanol–water partition coefficient (Wildman–Crippen LogP) is 3.57. The first kappa shape index (κ1) is 16.6. The Balaban J connectivity index is 1.22. The normalized spacial score (nSPS) is 30.1. The molecule has 3 fully saturated rings. The lowest BCUT2D eigenvalue weighted by Gasteiger charge is -2.47. The Morgan fingerprint density at radius 3 is 2.14 bits per heavy atom. The number of hydrogen-bond acceptors (Lipinski definition) is 4. The highest BCUT2D eigenvalue weighted by atomic mass is 16.6. The number of ether oxygens (including phenoxy) is 3. The molecule has 2 bridgehead atoms. The molecule has 1 spiro atoms. The largest absolute Gasteiger partial charge is 0.448 e. The SMILES string of the molecule is O=C(OCC1c2ccccc2-c2ccccc21)N1C2COCC1CC1(CO1)C2.